The summed E-state index contributed by atoms with van der Waals surface area (Å²) in [6.07, 6.45) is 0.647. The molecule has 0 unspecified atom stereocenters. The van der Waals surface area contributed by atoms with Crippen molar-refractivity contribution in [1.82, 2.24) is 4.98 Å². The fraction of sp³-hybridized carbons (Fsp3) is 0.0714. The maximum Gasteiger partial charge on any atom is 0.153 e. The zero-order valence-electron chi connectivity index (χ0n) is 9.73. The number of phenols is 1. The van der Waals surface area contributed by atoms with Crippen LogP contribution in [0.1, 0.15) is 10.4 Å². The second-order valence-corrected chi connectivity index (χ2v) is 4.11. The van der Waals surface area contributed by atoms with E-state index < -0.39 is 0 Å². The summed E-state index contributed by atoms with van der Waals surface area (Å²) >= 11 is 0. The van der Waals surface area contributed by atoms with Crippen LogP contribution < -0.4 is 4.74 Å². The minimum absolute atomic E-state index is 0.0176. The number of fused-ring (bicyclic) bond motifs is 3. The summed E-state index contributed by atoms with van der Waals surface area (Å²) in [5, 5.41) is 11.5. The lowest BCUT2D eigenvalue weighted by molar-refractivity contribution is 0.112. The minimum Gasteiger partial charge on any atom is -0.507 e. The third kappa shape index (κ3) is 1.43. The van der Waals surface area contributed by atoms with Crippen LogP contribution in [0.4, 0.5) is 0 Å². The largest absolute Gasteiger partial charge is 0.507 e. The van der Waals surface area contributed by atoms with Gasteiger partial charge in [-0.05, 0) is 24.3 Å². The van der Waals surface area contributed by atoms with Crippen LogP contribution in [0.15, 0.2) is 30.3 Å². The SMILES string of the molecule is COc1ccc2[nH]c3cc(O)c(C=O)cc3c2c1. The molecule has 0 saturated carbocycles. The molecule has 4 nitrogen and oxygen atoms in total. The molecule has 1 heterocycles. The molecule has 0 saturated heterocycles. The lowest BCUT2D eigenvalue weighted by Gasteiger charge is -1.99. The van der Waals surface area contributed by atoms with Crippen LogP contribution in [-0.2, 0) is 0 Å². The van der Waals surface area contributed by atoms with Crippen molar-refractivity contribution in [2.24, 2.45) is 0 Å². The molecule has 3 rings (SSSR count). The van der Waals surface area contributed by atoms with Gasteiger partial charge < -0.3 is 14.8 Å². The van der Waals surface area contributed by atoms with Gasteiger partial charge in [-0.2, -0.15) is 0 Å². The molecule has 4 heteroatoms. The normalized spacial score (nSPS) is 10.9. The van der Waals surface area contributed by atoms with Gasteiger partial charge in [0.2, 0.25) is 0 Å². The van der Waals surface area contributed by atoms with Crippen molar-refractivity contribution in [3.05, 3.63) is 35.9 Å². The van der Waals surface area contributed by atoms with Crippen molar-refractivity contribution in [2.45, 2.75) is 0 Å². The first-order valence-corrected chi connectivity index (χ1v) is 5.50. The number of hydrogen-bond donors (Lipinski definition) is 2. The number of methoxy groups -OCH3 is 1. The maximum absolute atomic E-state index is 10.9. The Morgan fingerprint density at radius 2 is 1.94 bits per heavy atom. The molecule has 18 heavy (non-hydrogen) atoms. The van der Waals surface area contributed by atoms with E-state index in [-0.39, 0.29) is 11.3 Å². The van der Waals surface area contributed by atoms with E-state index in [4.69, 9.17) is 4.74 Å². The molecule has 0 spiro atoms. The standard InChI is InChI=1S/C14H11NO3/c1-18-9-2-3-12-11(5-9)10-4-8(7-16)14(17)6-13(10)15-12/h2-7,15,17H,1H3. The van der Waals surface area contributed by atoms with Gasteiger partial charge in [-0.3, -0.25) is 4.79 Å². The summed E-state index contributed by atoms with van der Waals surface area (Å²) < 4.78 is 5.19. The number of phenolic OH excluding ortho intramolecular Hbond substituents is 1. The Morgan fingerprint density at radius 3 is 2.67 bits per heavy atom. The highest BCUT2D eigenvalue weighted by molar-refractivity contribution is 6.09. The Balaban J connectivity index is 2.42. The number of aldehydes is 1. The Kier molecular flexibility index (Phi) is 2.23. The Bertz CT molecular complexity index is 758. The van der Waals surface area contributed by atoms with E-state index in [1.807, 2.05) is 18.2 Å². The first kappa shape index (κ1) is 10.7. The van der Waals surface area contributed by atoms with Crippen LogP contribution >= 0.6 is 0 Å². The molecule has 90 valence electrons. The highest BCUT2D eigenvalue weighted by Crippen LogP contribution is 2.32. The lowest BCUT2D eigenvalue weighted by atomic mass is 10.1. The second-order valence-electron chi connectivity index (χ2n) is 4.11. The van der Waals surface area contributed by atoms with Gasteiger partial charge in [0.1, 0.15) is 11.5 Å². The number of rotatable bonds is 2. The molecular weight excluding hydrogens is 230 g/mol. The number of benzene rings is 2. The van der Waals surface area contributed by atoms with Crippen molar-refractivity contribution in [1.29, 1.82) is 0 Å². The number of aromatic hydroxyl groups is 1. The predicted molar refractivity (Wildman–Crippen MR) is 69.4 cm³/mol. The number of hydrogen-bond acceptors (Lipinski definition) is 3. The molecule has 0 aliphatic heterocycles. The molecule has 1 aromatic heterocycles. The highest BCUT2D eigenvalue weighted by Gasteiger charge is 2.09. The van der Waals surface area contributed by atoms with Crippen molar-refractivity contribution in [2.75, 3.05) is 7.11 Å². The van der Waals surface area contributed by atoms with E-state index >= 15 is 0 Å². The van der Waals surface area contributed by atoms with Gasteiger partial charge in [-0.25, -0.2) is 0 Å². The van der Waals surface area contributed by atoms with Gasteiger partial charge in [-0.1, -0.05) is 0 Å². The number of aromatic nitrogens is 1. The van der Waals surface area contributed by atoms with Crippen molar-refractivity contribution >= 4 is 28.1 Å². The second kappa shape index (κ2) is 3.77. The Hall–Kier alpha value is -2.49. The van der Waals surface area contributed by atoms with Crippen LogP contribution in [0, 0.1) is 0 Å². The van der Waals surface area contributed by atoms with E-state index in [1.54, 1.807) is 19.2 Å². The third-order valence-corrected chi connectivity index (χ3v) is 3.08. The number of H-pyrrole nitrogens is 1. The average molecular weight is 241 g/mol. The van der Waals surface area contributed by atoms with Crippen LogP contribution in [-0.4, -0.2) is 23.5 Å². The molecular formula is C14H11NO3. The maximum atomic E-state index is 10.9. The first-order valence-electron chi connectivity index (χ1n) is 5.50. The molecule has 0 radical (unpaired) electrons. The molecule has 0 bridgehead atoms. The monoisotopic (exact) mass is 241 g/mol. The highest BCUT2D eigenvalue weighted by atomic mass is 16.5. The van der Waals surface area contributed by atoms with E-state index in [1.165, 1.54) is 0 Å². The Labute approximate surface area is 103 Å². The van der Waals surface area contributed by atoms with Gasteiger partial charge in [-0.15, -0.1) is 0 Å². The van der Waals surface area contributed by atoms with Gasteiger partial charge in [0, 0.05) is 22.4 Å². The lowest BCUT2D eigenvalue weighted by Crippen LogP contribution is -1.82. The van der Waals surface area contributed by atoms with Crippen molar-refractivity contribution in [3.8, 4) is 11.5 Å². The van der Waals surface area contributed by atoms with Crippen LogP contribution in [0.5, 0.6) is 11.5 Å². The summed E-state index contributed by atoms with van der Waals surface area (Å²) in [7, 11) is 1.61. The summed E-state index contributed by atoms with van der Waals surface area (Å²) in [5.41, 5.74) is 2.01. The molecule has 0 atom stereocenters. The topological polar surface area (TPSA) is 62.3 Å². The fourth-order valence-corrected chi connectivity index (χ4v) is 2.15. The van der Waals surface area contributed by atoms with E-state index in [0.29, 0.717) is 6.29 Å². The van der Waals surface area contributed by atoms with Crippen LogP contribution in [0.3, 0.4) is 0 Å². The number of carbonyl (C=O) groups is 1. The molecule has 2 aromatic carbocycles. The summed E-state index contributed by atoms with van der Waals surface area (Å²) in [4.78, 5) is 14.0. The van der Waals surface area contributed by atoms with Gasteiger partial charge in [0.15, 0.2) is 6.29 Å². The molecule has 2 N–H and O–H groups in total. The zero-order chi connectivity index (χ0) is 12.7. The summed E-state index contributed by atoms with van der Waals surface area (Å²) in [6.45, 7) is 0. The quantitative estimate of drug-likeness (QED) is 0.678. The smallest absolute Gasteiger partial charge is 0.153 e. The van der Waals surface area contributed by atoms with Crippen LogP contribution in [0.25, 0.3) is 21.8 Å². The molecule has 0 aliphatic rings. The molecule has 3 aromatic rings. The average Bonchev–Trinajstić information content (AvgIpc) is 2.73. The predicted octanol–water partition coefficient (Wildman–Crippen LogP) is 2.85. The fourth-order valence-electron chi connectivity index (χ4n) is 2.15. The first-order chi connectivity index (χ1) is 8.72. The number of aromatic amines is 1. The van der Waals surface area contributed by atoms with Gasteiger partial charge >= 0.3 is 0 Å². The molecule has 0 amide bonds. The Morgan fingerprint density at radius 1 is 1.17 bits per heavy atom. The van der Waals surface area contributed by atoms with E-state index in [0.717, 1.165) is 27.6 Å². The number of nitrogens with one attached hydrogen (secondary N) is 1. The third-order valence-electron chi connectivity index (χ3n) is 3.08. The van der Waals surface area contributed by atoms with Gasteiger partial charge in [0.05, 0.1) is 18.2 Å². The van der Waals surface area contributed by atoms with Gasteiger partial charge in [0.25, 0.3) is 0 Å². The zero-order valence-corrected chi connectivity index (χ0v) is 9.73. The summed E-state index contributed by atoms with van der Waals surface area (Å²) in [5.74, 6) is 0.736. The van der Waals surface area contributed by atoms with Crippen LogP contribution in [0.2, 0.25) is 0 Å². The van der Waals surface area contributed by atoms with E-state index in [2.05, 4.69) is 4.98 Å². The molecule has 0 aliphatic carbocycles. The van der Waals surface area contributed by atoms with Crippen molar-refractivity contribution < 1.29 is 14.6 Å². The minimum atomic E-state index is -0.0176. The van der Waals surface area contributed by atoms with E-state index in [9.17, 15) is 9.90 Å². The summed E-state index contributed by atoms with van der Waals surface area (Å²) in [6, 6.07) is 8.91. The number of ether oxygens (including phenoxy) is 1. The number of carbonyl (C=O) groups excluding carboxylic acids is 1. The molecule has 0 fully saturated rings. The van der Waals surface area contributed by atoms with Crippen molar-refractivity contribution in [3.63, 3.8) is 0 Å².